The molecule has 1 aliphatic rings. The molecule has 6 heteroatoms. The van der Waals surface area contributed by atoms with Crippen molar-refractivity contribution in [1.29, 1.82) is 0 Å². The summed E-state index contributed by atoms with van der Waals surface area (Å²) in [7, 11) is 0. The molecule has 0 aliphatic carbocycles. The summed E-state index contributed by atoms with van der Waals surface area (Å²) >= 11 is 0. The first-order valence-corrected chi connectivity index (χ1v) is 5.58. The van der Waals surface area contributed by atoms with Crippen LogP contribution in [0, 0.1) is 0 Å². The largest absolute Gasteiger partial charge is 0.478 e. The van der Waals surface area contributed by atoms with E-state index < -0.39 is 23.4 Å². The zero-order valence-electron chi connectivity index (χ0n) is 9.97. The molecule has 2 rings (SSSR count). The fourth-order valence-electron chi connectivity index (χ4n) is 2.19. The lowest BCUT2D eigenvalue weighted by Crippen LogP contribution is -2.44. The van der Waals surface area contributed by atoms with Gasteiger partial charge in [-0.1, -0.05) is 24.3 Å². The van der Waals surface area contributed by atoms with Crippen molar-refractivity contribution < 1.29 is 19.5 Å². The molecule has 6 nitrogen and oxygen atoms in total. The number of benzene rings is 1. The van der Waals surface area contributed by atoms with Gasteiger partial charge in [-0.3, -0.25) is 10.1 Å². The Labute approximate surface area is 109 Å². The standard InChI is InChI=1S/C13H12N2O4/c1-2-7-13(11(18)14-12(19)15-13)9-6-4-3-5-8(9)10(16)17/h2-6H,1,7H2,(H,16,17)(H2,14,15,18,19). The molecule has 1 heterocycles. The molecule has 0 radical (unpaired) electrons. The number of aromatic carboxylic acids is 1. The Morgan fingerprint density at radius 2 is 2.05 bits per heavy atom. The van der Waals surface area contributed by atoms with Crippen LogP contribution < -0.4 is 10.6 Å². The highest BCUT2D eigenvalue weighted by Crippen LogP contribution is 2.31. The van der Waals surface area contributed by atoms with Gasteiger partial charge in [-0.25, -0.2) is 9.59 Å². The topological polar surface area (TPSA) is 95.5 Å². The average Bonchev–Trinajstić information content (AvgIpc) is 2.65. The van der Waals surface area contributed by atoms with Gasteiger partial charge in [0.05, 0.1) is 5.56 Å². The molecule has 98 valence electrons. The summed E-state index contributed by atoms with van der Waals surface area (Å²) < 4.78 is 0. The zero-order valence-corrected chi connectivity index (χ0v) is 9.97. The minimum absolute atomic E-state index is 0.0262. The average molecular weight is 260 g/mol. The number of imide groups is 1. The fraction of sp³-hybridized carbons (Fsp3) is 0.154. The van der Waals surface area contributed by atoms with Crippen LogP contribution in [0.1, 0.15) is 22.3 Å². The van der Waals surface area contributed by atoms with E-state index in [2.05, 4.69) is 17.2 Å². The predicted octanol–water partition coefficient (Wildman–Crippen LogP) is 0.996. The molecule has 0 spiro atoms. The Balaban J connectivity index is 2.64. The monoisotopic (exact) mass is 260 g/mol. The maximum atomic E-state index is 12.0. The lowest BCUT2D eigenvalue weighted by atomic mass is 9.83. The van der Waals surface area contributed by atoms with E-state index in [9.17, 15) is 19.5 Å². The van der Waals surface area contributed by atoms with Crippen molar-refractivity contribution in [2.24, 2.45) is 0 Å². The molecule has 1 atom stereocenters. The number of carboxylic acid groups (broad SMARTS) is 1. The van der Waals surface area contributed by atoms with E-state index in [0.717, 1.165) is 0 Å². The Hall–Kier alpha value is -2.63. The van der Waals surface area contributed by atoms with Crippen molar-refractivity contribution in [3.05, 3.63) is 48.0 Å². The molecule has 3 N–H and O–H groups in total. The summed E-state index contributed by atoms with van der Waals surface area (Å²) in [5.41, 5.74) is -1.19. The van der Waals surface area contributed by atoms with Crippen LogP contribution in [0.15, 0.2) is 36.9 Å². The number of carbonyl (C=O) groups excluding carboxylic acids is 2. The number of hydrogen-bond donors (Lipinski definition) is 3. The number of hydrogen-bond acceptors (Lipinski definition) is 3. The van der Waals surface area contributed by atoms with Gasteiger partial charge in [0.1, 0.15) is 0 Å². The second-order valence-corrected chi connectivity index (χ2v) is 4.16. The lowest BCUT2D eigenvalue weighted by Gasteiger charge is -2.26. The van der Waals surface area contributed by atoms with Crippen LogP contribution in [0.2, 0.25) is 0 Å². The zero-order chi connectivity index (χ0) is 14.0. The molecule has 1 unspecified atom stereocenters. The third-order valence-corrected chi connectivity index (χ3v) is 3.01. The Bertz CT molecular complexity index is 582. The molecular weight excluding hydrogens is 248 g/mol. The van der Waals surface area contributed by atoms with E-state index in [1.165, 1.54) is 18.2 Å². The van der Waals surface area contributed by atoms with E-state index >= 15 is 0 Å². The molecule has 3 amide bonds. The molecule has 1 aromatic rings. The van der Waals surface area contributed by atoms with Crippen molar-refractivity contribution >= 4 is 17.9 Å². The number of urea groups is 1. The highest BCUT2D eigenvalue weighted by atomic mass is 16.4. The molecule has 0 aromatic heterocycles. The van der Waals surface area contributed by atoms with Crippen LogP contribution in [0.4, 0.5) is 4.79 Å². The number of rotatable bonds is 4. The van der Waals surface area contributed by atoms with E-state index in [0.29, 0.717) is 0 Å². The summed E-state index contributed by atoms with van der Waals surface area (Å²) in [5.74, 6) is -1.74. The highest BCUT2D eigenvalue weighted by Gasteiger charge is 2.48. The lowest BCUT2D eigenvalue weighted by molar-refractivity contribution is -0.124. The van der Waals surface area contributed by atoms with Crippen LogP contribution in [-0.4, -0.2) is 23.0 Å². The van der Waals surface area contributed by atoms with Crippen molar-refractivity contribution in [3.8, 4) is 0 Å². The summed E-state index contributed by atoms with van der Waals surface area (Å²) in [5, 5.41) is 13.8. The van der Waals surface area contributed by atoms with Crippen LogP contribution in [0.25, 0.3) is 0 Å². The molecule has 1 saturated heterocycles. The van der Waals surface area contributed by atoms with Gasteiger partial charge in [0.15, 0.2) is 5.54 Å². The van der Waals surface area contributed by atoms with E-state index in [-0.39, 0.29) is 17.5 Å². The van der Waals surface area contributed by atoms with Crippen molar-refractivity contribution in [3.63, 3.8) is 0 Å². The van der Waals surface area contributed by atoms with Crippen LogP contribution in [-0.2, 0) is 10.3 Å². The second-order valence-electron chi connectivity index (χ2n) is 4.16. The third-order valence-electron chi connectivity index (χ3n) is 3.01. The van der Waals surface area contributed by atoms with Crippen LogP contribution in [0.3, 0.4) is 0 Å². The number of nitrogens with one attached hydrogen (secondary N) is 2. The number of carboxylic acids is 1. The normalized spacial score (nSPS) is 21.7. The van der Waals surface area contributed by atoms with Gasteiger partial charge in [0.25, 0.3) is 5.91 Å². The van der Waals surface area contributed by atoms with Gasteiger partial charge in [-0.15, -0.1) is 6.58 Å². The molecule has 1 fully saturated rings. The first kappa shape index (κ1) is 12.8. The molecule has 19 heavy (non-hydrogen) atoms. The summed E-state index contributed by atoms with van der Waals surface area (Å²) in [6, 6.07) is 5.43. The molecule has 1 aromatic carbocycles. The molecule has 0 bridgehead atoms. The fourth-order valence-corrected chi connectivity index (χ4v) is 2.19. The minimum Gasteiger partial charge on any atom is -0.478 e. The number of carbonyl (C=O) groups is 3. The molecule has 0 saturated carbocycles. The van der Waals surface area contributed by atoms with Crippen molar-refractivity contribution in [2.45, 2.75) is 12.0 Å². The van der Waals surface area contributed by atoms with Gasteiger partial charge in [-0.05, 0) is 6.07 Å². The SMILES string of the molecule is C=CCC1(c2ccccc2C(=O)O)NC(=O)NC1=O. The van der Waals surface area contributed by atoms with E-state index in [1.807, 2.05) is 0 Å². The maximum Gasteiger partial charge on any atom is 0.336 e. The second kappa shape index (κ2) is 4.56. The Morgan fingerprint density at radius 3 is 2.58 bits per heavy atom. The Kier molecular flexibility index (Phi) is 3.08. The van der Waals surface area contributed by atoms with Crippen LogP contribution in [0.5, 0.6) is 0 Å². The van der Waals surface area contributed by atoms with E-state index in [4.69, 9.17) is 0 Å². The quantitative estimate of drug-likeness (QED) is 0.555. The predicted molar refractivity (Wildman–Crippen MR) is 66.6 cm³/mol. The summed E-state index contributed by atoms with van der Waals surface area (Å²) in [4.78, 5) is 34.7. The number of amides is 3. The van der Waals surface area contributed by atoms with Gasteiger partial charge >= 0.3 is 12.0 Å². The van der Waals surface area contributed by atoms with E-state index in [1.54, 1.807) is 12.1 Å². The van der Waals surface area contributed by atoms with Crippen LogP contribution >= 0.6 is 0 Å². The van der Waals surface area contributed by atoms with Crippen molar-refractivity contribution in [1.82, 2.24) is 10.6 Å². The van der Waals surface area contributed by atoms with Gasteiger partial charge < -0.3 is 10.4 Å². The molecule has 1 aliphatic heterocycles. The maximum absolute atomic E-state index is 12.0. The van der Waals surface area contributed by atoms with Gasteiger partial charge in [0, 0.05) is 12.0 Å². The highest BCUT2D eigenvalue weighted by molar-refractivity contribution is 6.08. The van der Waals surface area contributed by atoms with Gasteiger partial charge in [-0.2, -0.15) is 0 Å². The van der Waals surface area contributed by atoms with Gasteiger partial charge in [0.2, 0.25) is 0 Å². The first-order chi connectivity index (χ1) is 9.01. The Morgan fingerprint density at radius 1 is 1.37 bits per heavy atom. The summed E-state index contributed by atoms with van der Waals surface area (Å²) in [6.07, 6.45) is 1.57. The smallest absolute Gasteiger partial charge is 0.336 e. The summed E-state index contributed by atoms with van der Waals surface area (Å²) in [6.45, 7) is 3.55. The minimum atomic E-state index is -1.41. The third kappa shape index (κ3) is 1.97. The first-order valence-electron chi connectivity index (χ1n) is 5.58. The van der Waals surface area contributed by atoms with Crippen molar-refractivity contribution in [2.75, 3.05) is 0 Å². The molecular formula is C13H12N2O4.